The lowest BCUT2D eigenvalue weighted by atomic mass is 9.98. The second kappa shape index (κ2) is 6.14. The number of H-pyrrole nitrogens is 1. The highest BCUT2D eigenvalue weighted by atomic mass is 16.1. The molecule has 1 aromatic heterocycles. The molecule has 18 heavy (non-hydrogen) atoms. The minimum atomic E-state index is -0.0312. The van der Waals surface area contributed by atoms with E-state index in [2.05, 4.69) is 36.1 Å². The minimum absolute atomic E-state index is 0.0193. The molecule has 0 saturated carbocycles. The second-order valence-corrected chi connectivity index (χ2v) is 5.21. The van der Waals surface area contributed by atoms with Crippen molar-refractivity contribution in [3.8, 4) is 0 Å². The molecule has 1 heterocycles. The van der Waals surface area contributed by atoms with E-state index in [4.69, 9.17) is 0 Å². The van der Waals surface area contributed by atoms with Gasteiger partial charge in [-0.05, 0) is 33.6 Å². The van der Waals surface area contributed by atoms with Crippen LogP contribution in [0, 0.1) is 19.8 Å². The number of hydrogen-bond acceptors (Lipinski definition) is 3. The first-order valence-corrected chi connectivity index (χ1v) is 6.70. The van der Waals surface area contributed by atoms with Crippen LogP contribution in [0.15, 0.2) is 4.79 Å². The molecule has 2 N–H and O–H groups in total. The van der Waals surface area contributed by atoms with Crippen molar-refractivity contribution in [2.45, 2.75) is 60.0 Å². The number of aromatic amines is 1. The van der Waals surface area contributed by atoms with E-state index in [-0.39, 0.29) is 11.6 Å². The summed E-state index contributed by atoms with van der Waals surface area (Å²) in [5.41, 5.74) is 1.53. The van der Waals surface area contributed by atoms with Crippen molar-refractivity contribution >= 4 is 0 Å². The lowest BCUT2D eigenvalue weighted by molar-refractivity contribution is 0.358. The summed E-state index contributed by atoms with van der Waals surface area (Å²) in [6.45, 7) is 12.3. The molecule has 3 unspecified atom stereocenters. The van der Waals surface area contributed by atoms with Gasteiger partial charge in [-0.25, -0.2) is 4.98 Å². The summed E-state index contributed by atoms with van der Waals surface area (Å²) in [6.07, 6.45) is 1.13. The maximum atomic E-state index is 12.0. The fourth-order valence-corrected chi connectivity index (χ4v) is 2.24. The fraction of sp³-hybridized carbons (Fsp3) is 0.714. The molecule has 102 valence electrons. The van der Waals surface area contributed by atoms with Gasteiger partial charge in [0.25, 0.3) is 5.56 Å². The Bertz CT molecular complexity index is 453. The molecule has 0 amide bonds. The highest BCUT2D eigenvalue weighted by molar-refractivity contribution is 5.20. The van der Waals surface area contributed by atoms with Gasteiger partial charge in [0.15, 0.2) is 0 Å². The molecule has 0 aliphatic carbocycles. The summed E-state index contributed by atoms with van der Waals surface area (Å²) in [4.78, 5) is 19.1. The summed E-state index contributed by atoms with van der Waals surface area (Å²) in [7, 11) is 0. The molecule has 4 nitrogen and oxygen atoms in total. The van der Waals surface area contributed by atoms with Crippen LogP contribution in [0.25, 0.3) is 0 Å². The van der Waals surface area contributed by atoms with Crippen molar-refractivity contribution in [2.75, 3.05) is 0 Å². The molecular formula is C14H25N3O. The van der Waals surface area contributed by atoms with Gasteiger partial charge >= 0.3 is 0 Å². The normalized spacial score (nSPS) is 16.3. The maximum absolute atomic E-state index is 12.0. The zero-order chi connectivity index (χ0) is 13.9. The van der Waals surface area contributed by atoms with E-state index in [1.54, 1.807) is 6.92 Å². The molecule has 0 radical (unpaired) electrons. The van der Waals surface area contributed by atoms with E-state index in [1.165, 1.54) is 0 Å². The van der Waals surface area contributed by atoms with Crippen LogP contribution in [0.4, 0.5) is 0 Å². The van der Waals surface area contributed by atoms with Crippen LogP contribution in [0.5, 0.6) is 0 Å². The number of hydrogen-bond donors (Lipinski definition) is 2. The van der Waals surface area contributed by atoms with Gasteiger partial charge < -0.3 is 10.3 Å². The average Bonchev–Trinajstić information content (AvgIpc) is 2.26. The van der Waals surface area contributed by atoms with Crippen molar-refractivity contribution in [3.63, 3.8) is 0 Å². The number of nitrogens with one attached hydrogen (secondary N) is 2. The van der Waals surface area contributed by atoms with Crippen LogP contribution < -0.4 is 10.9 Å². The lowest BCUT2D eigenvalue weighted by Crippen LogP contribution is -2.37. The van der Waals surface area contributed by atoms with Crippen LogP contribution in [0.1, 0.15) is 57.2 Å². The Balaban J connectivity index is 2.91. The Morgan fingerprint density at radius 2 is 1.89 bits per heavy atom. The number of aromatic nitrogens is 2. The van der Waals surface area contributed by atoms with Gasteiger partial charge in [0.1, 0.15) is 5.82 Å². The highest BCUT2D eigenvalue weighted by Crippen LogP contribution is 2.15. The van der Waals surface area contributed by atoms with Gasteiger partial charge in [0.05, 0.1) is 5.56 Å². The second-order valence-electron chi connectivity index (χ2n) is 5.21. The summed E-state index contributed by atoms with van der Waals surface area (Å²) in [5.74, 6) is 1.26. The summed E-state index contributed by atoms with van der Waals surface area (Å²) >= 11 is 0. The smallest absolute Gasteiger partial charge is 0.255 e. The van der Waals surface area contributed by atoms with E-state index in [9.17, 15) is 4.79 Å². The summed E-state index contributed by atoms with van der Waals surface area (Å²) in [6, 6.07) is 0.399. The Kier molecular flexibility index (Phi) is 5.08. The molecule has 0 fully saturated rings. The van der Waals surface area contributed by atoms with Crippen molar-refractivity contribution in [1.29, 1.82) is 0 Å². The zero-order valence-corrected chi connectivity index (χ0v) is 12.3. The summed E-state index contributed by atoms with van der Waals surface area (Å²) in [5, 5.41) is 3.49. The van der Waals surface area contributed by atoms with E-state index in [0.29, 0.717) is 17.8 Å². The SMILES string of the molecule is CCC(C)C(C)NC(C)c1c(C)nc(C)[nH]c1=O. The van der Waals surface area contributed by atoms with E-state index < -0.39 is 0 Å². The quantitative estimate of drug-likeness (QED) is 0.845. The maximum Gasteiger partial charge on any atom is 0.255 e. The fourth-order valence-electron chi connectivity index (χ4n) is 2.24. The molecule has 0 aliphatic rings. The van der Waals surface area contributed by atoms with Crippen molar-refractivity contribution in [1.82, 2.24) is 15.3 Å². The number of nitrogens with zero attached hydrogens (tertiary/aromatic N) is 1. The standard InChI is InChI=1S/C14H25N3O/c1-7-8(2)9(3)15-10(4)13-11(5)16-12(6)17-14(13)18/h8-10,15H,7H2,1-6H3,(H,16,17,18). The molecule has 4 heteroatoms. The largest absolute Gasteiger partial charge is 0.310 e. The molecule has 0 saturated heterocycles. The molecule has 1 rings (SSSR count). The molecular weight excluding hydrogens is 226 g/mol. The summed E-state index contributed by atoms with van der Waals surface area (Å²) < 4.78 is 0. The van der Waals surface area contributed by atoms with Crippen LogP contribution in [0.3, 0.4) is 0 Å². The molecule has 0 spiro atoms. The lowest BCUT2D eigenvalue weighted by Gasteiger charge is -2.25. The van der Waals surface area contributed by atoms with Gasteiger partial charge in [-0.15, -0.1) is 0 Å². The average molecular weight is 251 g/mol. The van der Waals surface area contributed by atoms with Gasteiger partial charge in [-0.1, -0.05) is 20.3 Å². The molecule has 0 bridgehead atoms. The third-order valence-corrected chi connectivity index (χ3v) is 3.71. The molecule has 3 atom stereocenters. The zero-order valence-electron chi connectivity index (χ0n) is 12.3. The van der Waals surface area contributed by atoms with Gasteiger partial charge in [0, 0.05) is 17.8 Å². The molecule has 0 aromatic carbocycles. The molecule has 1 aromatic rings. The first-order chi connectivity index (χ1) is 8.36. The van der Waals surface area contributed by atoms with Crippen LogP contribution in [-0.4, -0.2) is 16.0 Å². The topological polar surface area (TPSA) is 57.8 Å². The van der Waals surface area contributed by atoms with Crippen molar-refractivity contribution < 1.29 is 0 Å². The van der Waals surface area contributed by atoms with Crippen LogP contribution in [-0.2, 0) is 0 Å². The van der Waals surface area contributed by atoms with Crippen molar-refractivity contribution in [3.05, 3.63) is 27.4 Å². The minimum Gasteiger partial charge on any atom is -0.310 e. The van der Waals surface area contributed by atoms with E-state index in [1.807, 2.05) is 13.8 Å². The Morgan fingerprint density at radius 3 is 2.39 bits per heavy atom. The Labute approximate surface area is 109 Å². The first-order valence-electron chi connectivity index (χ1n) is 6.70. The van der Waals surface area contributed by atoms with Crippen LogP contribution >= 0.6 is 0 Å². The third kappa shape index (κ3) is 3.42. The Hall–Kier alpha value is -1.16. The third-order valence-electron chi connectivity index (χ3n) is 3.71. The molecule has 0 aliphatic heterocycles. The first kappa shape index (κ1) is 14.9. The van der Waals surface area contributed by atoms with Gasteiger partial charge in [-0.3, -0.25) is 4.79 Å². The van der Waals surface area contributed by atoms with Gasteiger partial charge in [-0.2, -0.15) is 0 Å². The van der Waals surface area contributed by atoms with Crippen LogP contribution in [0.2, 0.25) is 0 Å². The van der Waals surface area contributed by atoms with E-state index >= 15 is 0 Å². The van der Waals surface area contributed by atoms with E-state index in [0.717, 1.165) is 17.7 Å². The van der Waals surface area contributed by atoms with Crippen molar-refractivity contribution in [2.24, 2.45) is 5.92 Å². The number of aryl methyl sites for hydroxylation is 2. The number of rotatable bonds is 5. The monoisotopic (exact) mass is 251 g/mol. The highest BCUT2D eigenvalue weighted by Gasteiger charge is 2.18. The Morgan fingerprint density at radius 1 is 1.28 bits per heavy atom. The predicted molar refractivity (Wildman–Crippen MR) is 74.8 cm³/mol. The predicted octanol–water partition coefficient (Wildman–Crippen LogP) is 2.47. The van der Waals surface area contributed by atoms with Gasteiger partial charge in [0.2, 0.25) is 0 Å².